The van der Waals surface area contributed by atoms with E-state index in [1.807, 2.05) is 0 Å². The number of hydrogen-bond donors (Lipinski definition) is 1. The molecule has 3 nitrogen and oxygen atoms in total. The topological polar surface area (TPSA) is 24.5 Å². The molecule has 1 N–H and O–H groups in total. The minimum Gasteiger partial charge on any atom is -0.543 e. The van der Waals surface area contributed by atoms with Crippen molar-refractivity contribution in [2.45, 2.75) is 71.4 Å². The van der Waals surface area contributed by atoms with Gasteiger partial charge in [0.05, 0.1) is 0 Å². The van der Waals surface area contributed by atoms with Crippen molar-refractivity contribution in [1.82, 2.24) is 10.2 Å². The zero-order valence-corrected chi connectivity index (χ0v) is 22.1. The lowest BCUT2D eigenvalue weighted by Crippen LogP contribution is -2.53. The van der Waals surface area contributed by atoms with Crippen LogP contribution in [0.4, 0.5) is 0 Å². The Morgan fingerprint density at radius 1 is 1.13 bits per heavy atom. The summed E-state index contributed by atoms with van der Waals surface area (Å²) < 4.78 is 7.70. The molecule has 1 aliphatic heterocycles. The van der Waals surface area contributed by atoms with E-state index in [-0.39, 0.29) is 5.04 Å². The summed E-state index contributed by atoms with van der Waals surface area (Å²) in [6.45, 7) is 19.1. The van der Waals surface area contributed by atoms with Crippen molar-refractivity contribution >= 4 is 24.2 Å². The van der Waals surface area contributed by atoms with Crippen LogP contribution in [0.3, 0.4) is 0 Å². The SMILES string of the molecule is C[C@H]1CN(Cc2ccc(Br)cc2-c2cccc(O[Si](C)(C)C(C)(C)C)c2)[C@@H](C)CN1. The summed E-state index contributed by atoms with van der Waals surface area (Å²) in [4.78, 5) is 2.59. The minimum atomic E-state index is -1.87. The first kappa shape index (κ1) is 23.5. The molecule has 30 heavy (non-hydrogen) atoms. The van der Waals surface area contributed by atoms with E-state index >= 15 is 0 Å². The minimum absolute atomic E-state index is 0.180. The second kappa shape index (κ2) is 9.15. The molecule has 0 bridgehead atoms. The molecule has 0 saturated carbocycles. The summed E-state index contributed by atoms with van der Waals surface area (Å²) in [5, 5.41) is 3.76. The van der Waals surface area contributed by atoms with Crippen LogP contribution in [0.2, 0.25) is 18.1 Å². The van der Waals surface area contributed by atoms with Crippen molar-refractivity contribution in [3.8, 4) is 16.9 Å². The molecule has 1 fully saturated rings. The molecular weight excluding hydrogens is 452 g/mol. The second-order valence-electron chi connectivity index (χ2n) is 10.3. The van der Waals surface area contributed by atoms with Crippen LogP contribution in [0.15, 0.2) is 46.9 Å². The van der Waals surface area contributed by atoms with Gasteiger partial charge in [-0.25, -0.2) is 0 Å². The van der Waals surface area contributed by atoms with Gasteiger partial charge in [0.1, 0.15) is 5.75 Å². The smallest absolute Gasteiger partial charge is 0.250 e. The molecule has 5 heteroatoms. The van der Waals surface area contributed by atoms with Gasteiger partial charge in [0.15, 0.2) is 0 Å². The van der Waals surface area contributed by atoms with E-state index in [1.165, 1.54) is 16.7 Å². The van der Waals surface area contributed by atoms with E-state index in [0.717, 1.165) is 29.9 Å². The predicted octanol–water partition coefficient (Wildman–Crippen LogP) is 6.68. The predicted molar refractivity (Wildman–Crippen MR) is 135 cm³/mol. The van der Waals surface area contributed by atoms with E-state index in [4.69, 9.17) is 4.43 Å². The summed E-state index contributed by atoms with van der Waals surface area (Å²) in [6, 6.07) is 16.4. The fourth-order valence-electron chi connectivity index (χ4n) is 3.67. The fraction of sp³-hybridized carbons (Fsp3) is 0.520. The van der Waals surface area contributed by atoms with Crippen molar-refractivity contribution in [2.24, 2.45) is 0 Å². The largest absolute Gasteiger partial charge is 0.543 e. The molecule has 1 aliphatic rings. The molecule has 0 aliphatic carbocycles. The van der Waals surface area contributed by atoms with Gasteiger partial charge >= 0.3 is 0 Å². The maximum atomic E-state index is 6.59. The Morgan fingerprint density at radius 2 is 1.87 bits per heavy atom. The molecule has 0 radical (unpaired) electrons. The highest BCUT2D eigenvalue weighted by Crippen LogP contribution is 2.38. The zero-order valence-electron chi connectivity index (χ0n) is 19.6. The van der Waals surface area contributed by atoms with Crippen LogP contribution in [0, 0.1) is 0 Å². The quantitative estimate of drug-likeness (QED) is 0.474. The molecular formula is C25H37BrN2OSi. The van der Waals surface area contributed by atoms with E-state index < -0.39 is 8.32 Å². The lowest BCUT2D eigenvalue weighted by molar-refractivity contribution is 0.139. The van der Waals surface area contributed by atoms with E-state index in [1.54, 1.807) is 0 Å². The number of nitrogens with one attached hydrogen (secondary N) is 1. The second-order valence-corrected chi connectivity index (χ2v) is 15.9. The number of piperazine rings is 1. The van der Waals surface area contributed by atoms with Crippen LogP contribution in [-0.4, -0.2) is 38.4 Å². The molecule has 1 heterocycles. The molecule has 2 aromatic rings. The molecule has 2 aromatic carbocycles. The summed E-state index contributed by atoms with van der Waals surface area (Å²) in [6.07, 6.45) is 0. The van der Waals surface area contributed by atoms with Gasteiger partial charge in [0.25, 0.3) is 0 Å². The highest BCUT2D eigenvalue weighted by molar-refractivity contribution is 9.10. The van der Waals surface area contributed by atoms with Gasteiger partial charge < -0.3 is 9.74 Å². The average molecular weight is 490 g/mol. The van der Waals surface area contributed by atoms with Gasteiger partial charge in [-0.05, 0) is 72.9 Å². The van der Waals surface area contributed by atoms with Gasteiger partial charge in [-0.2, -0.15) is 0 Å². The summed E-state index contributed by atoms with van der Waals surface area (Å²) in [5.41, 5.74) is 3.87. The number of nitrogens with zero attached hydrogens (tertiary/aromatic N) is 1. The Balaban J connectivity index is 1.91. The van der Waals surface area contributed by atoms with Gasteiger partial charge in [0.2, 0.25) is 8.32 Å². The summed E-state index contributed by atoms with van der Waals surface area (Å²) in [7, 11) is -1.87. The summed E-state index contributed by atoms with van der Waals surface area (Å²) >= 11 is 3.69. The molecule has 2 atom stereocenters. The van der Waals surface area contributed by atoms with Gasteiger partial charge in [-0.1, -0.05) is 54.9 Å². The van der Waals surface area contributed by atoms with E-state index in [2.05, 4.69) is 116 Å². The summed E-state index contributed by atoms with van der Waals surface area (Å²) in [5.74, 6) is 0.981. The van der Waals surface area contributed by atoms with Crippen LogP contribution >= 0.6 is 15.9 Å². The van der Waals surface area contributed by atoms with E-state index in [9.17, 15) is 0 Å². The lowest BCUT2D eigenvalue weighted by Gasteiger charge is -2.38. The average Bonchev–Trinajstić information content (AvgIpc) is 2.65. The standard InChI is InChI=1S/C25H37BrN2OSi/c1-18-16-28(19(2)15-27-18)17-21-11-12-22(26)14-24(21)20-9-8-10-23(13-20)29-30(6,7)25(3,4)5/h8-14,18-19,27H,15-17H2,1-7H3/t18-,19-/m0/s1. The Labute approximate surface area is 192 Å². The molecule has 1 saturated heterocycles. The fourth-order valence-corrected chi connectivity index (χ4v) is 5.05. The Kier molecular flexibility index (Phi) is 7.17. The van der Waals surface area contributed by atoms with Gasteiger partial charge in [-0.3, -0.25) is 4.90 Å². The van der Waals surface area contributed by atoms with Crippen LogP contribution in [0.1, 0.15) is 40.2 Å². The van der Waals surface area contributed by atoms with Crippen molar-refractivity contribution in [3.05, 3.63) is 52.5 Å². The molecule has 0 spiro atoms. The molecule has 0 aromatic heterocycles. The third kappa shape index (κ3) is 5.55. The number of rotatable bonds is 5. The molecule has 0 amide bonds. The van der Waals surface area contributed by atoms with E-state index in [0.29, 0.717) is 12.1 Å². The Hall–Kier alpha value is -1.14. The Morgan fingerprint density at radius 3 is 2.57 bits per heavy atom. The van der Waals surface area contributed by atoms with Crippen molar-refractivity contribution in [1.29, 1.82) is 0 Å². The highest BCUT2D eigenvalue weighted by Gasteiger charge is 2.39. The van der Waals surface area contributed by atoms with Crippen LogP contribution in [0.5, 0.6) is 5.75 Å². The first-order valence-electron chi connectivity index (χ1n) is 11.0. The van der Waals surface area contributed by atoms with Crippen molar-refractivity contribution in [2.75, 3.05) is 13.1 Å². The van der Waals surface area contributed by atoms with Gasteiger partial charge in [-0.15, -0.1) is 0 Å². The number of hydrogen-bond acceptors (Lipinski definition) is 3. The normalized spacial score (nSPS) is 20.9. The first-order valence-corrected chi connectivity index (χ1v) is 14.7. The highest BCUT2D eigenvalue weighted by atomic mass is 79.9. The number of benzene rings is 2. The Bertz CT molecular complexity index is 878. The van der Waals surface area contributed by atoms with Crippen LogP contribution < -0.4 is 9.74 Å². The lowest BCUT2D eigenvalue weighted by atomic mass is 9.98. The van der Waals surface area contributed by atoms with Crippen molar-refractivity contribution in [3.63, 3.8) is 0 Å². The molecule has 3 rings (SSSR count). The first-order chi connectivity index (χ1) is 14.0. The van der Waals surface area contributed by atoms with Crippen LogP contribution in [-0.2, 0) is 6.54 Å². The van der Waals surface area contributed by atoms with Crippen molar-refractivity contribution < 1.29 is 4.43 Å². The zero-order chi connectivity index (χ0) is 22.1. The third-order valence-electron chi connectivity index (χ3n) is 6.66. The number of halogens is 1. The monoisotopic (exact) mass is 488 g/mol. The molecule has 164 valence electrons. The molecule has 0 unspecified atom stereocenters. The maximum absolute atomic E-state index is 6.59. The maximum Gasteiger partial charge on any atom is 0.250 e. The van der Waals surface area contributed by atoms with Gasteiger partial charge in [0, 0.05) is 36.2 Å². The third-order valence-corrected chi connectivity index (χ3v) is 11.5. The van der Waals surface area contributed by atoms with Crippen LogP contribution in [0.25, 0.3) is 11.1 Å².